The summed E-state index contributed by atoms with van der Waals surface area (Å²) in [6.45, 7) is 0. The average molecular weight is 437 g/mol. The fourth-order valence-corrected chi connectivity index (χ4v) is 2.67. The maximum atomic E-state index is 11.9. The van der Waals surface area contributed by atoms with Crippen molar-refractivity contribution in [3.05, 3.63) is 75.4 Å². The summed E-state index contributed by atoms with van der Waals surface area (Å²) in [5, 5.41) is 7.27. The van der Waals surface area contributed by atoms with Gasteiger partial charge in [0.15, 0.2) is 0 Å². The van der Waals surface area contributed by atoms with E-state index in [-0.39, 0.29) is 5.02 Å². The van der Waals surface area contributed by atoms with Crippen molar-refractivity contribution < 1.29 is 14.0 Å². The first-order chi connectivity index (χ1) is 13.4. The van der Waals surface area contributed by atoms with Gasteiger partial charge in [0, 0.05) is 16.3 Å². The molecule has 0 saturated heterocycles. The van der Waals surface area contributed by atoms with Gasteiger partial charge in [-0.2, -0.15) is 5.10 Å². The summed E-state index contributed by atoms with van der Waals surface area (Å²) in [5.74, 6) is -0.883. The average Bonchev–Trinajstić information content (AvgIpc) is 3.13. The Kier molecular flexibility index (Phi) is 6.36. The summed E-state index contributed by atoms with van der Waals surface area (Å²) in [5.41, 5.74) is 3.25. The molecule has 142 valence electrons. The van der Waals surface area contributed by atoms with E-state index in [1.54, 1.807) is 30.3 Å². The van der Waals surface area contributed by atoms with Crippen LogP contribution < -0.4 is 10.7 Å². The van der Waals surface area contributed by atoms with Crippen LogP contribution in [0.5, 0.6) is 0 Å². The van der Waals surface area contributed by atoms with Gasteiger partial charge in [0.1, 0.15) is 11.5 Å². The molecular weight excluding hydrogens is 425 g/mol. The SMILES string of the molecule is O=C(N/N=C/c1ccc(-c2cccc(Cl)c2)o1)C(=O)Nc1ccc(Cl)c(Cl)c1. The van der Waals surface area contributed by atoms with Crippen LogP contribution in [0.2, 0.25) is 15.1 Å². The van der Waals surface area contributed by atoms with Crippen molar-refractivity contribution >= 4 is 58.5 Å². The molecule has 1 heterocycles. The molecule has 0 atom stereocenters. The van der Waals surface area contributed by atoms with E-state index in [0.29, 0.717) is 27.3 Å². The van der Waals surface area contributed by atoms with Gasteiger partial charge in [-0.3, -0.25) is 9.59 Å². The van der Waals surface area contributed by atoms with E-state index < -0.39 is 11.8 Å². The predicted octanol–water partition coefficient (Wildman–Crippen LogP) is 5.00. The van der Waals surface area contributed by atoms with Gasteiger partial charge in [-0.15, -0.1) is 0 Å². The van der Waals surface area contributed by atoms with Crippen molar-refractivity contribution in [3.8, 4) is 11.3 Å². The lowest BCUT2D eigenvalue weighted by Gasteiger charge is -2.04. The molecule has 0 spiro atoms. The van der Waals surface area contributed by atoms with Crippen LogP contribution in [0.15, 0.2) is 64.1 Å². The van der Waals surface area contributed by atoms with Crippen LogP contribution in [0.25, 0.3) is 11.3 Å². The third-order valence-electron chi connectivity index (χ3n) is 3.48. The third-order valence-corrected chi connectivity index (χ3v) is 4.45. The number of nitrogens with zero attached hydrogens (tertiary/aromatic N) is 1. The molecule has 3 aromatic rings. The number of benzene rings is 2. The number of hydrogen-bond acceptors (Lipinski definition) is 4. The molecule has 3 rings (SSSR count). The van der Waals surface area contributed by atoms with Crippen molar-refractivity contribution in [2.45, 2.75) is 0 Å². The van der Waals surface area contributed by atoms with Crippen LogP contribution in [0.1, 0.15) is 5.76 Å². The number of rotatable bonds is 4. The molecule has 2 aromatic carbocycles. The minimum atomic E-state index is -0.955. The molecule has 0 radical (unpaired) electrons. The second kappa shape index (κ2) is 8.93. The van der Waals surface area contributed by atoms with Gasteiger partial charge < -0.3 is 9.73 Å². The number of anilines is 1. The van der Waals surface area contributed by atoms with E-state index in [1.165, 1.54) is 24.4 Å². The molecule has 0 aliphatic rings. The molecule has 0 unspecified atom stereocenters. The summed E-state index contributed by atoms with van der Waals surface area (Å²) < 4.78 is 5.60. The van der Waals surface area contributed by atoms with E-state index in [9.17, 15) is 9.59 Å². The van der Waals surface area contributed by atoms with E-state index in [1.807, 2.05) is 6.07 Å². The monoisotopic (exact) mass is 435 g/mol. The zero-order chi connectivity index (χ0) is 20.1. The topological polar surface area (TPSA) is 83.7 Å². The summed E-state index contributed by atoms with van der Waals surface area (Å²) >= 11 is 17.6. The van der Waals surface area contributed by atoms with Crippen LogP contribution in [-0.2, 0) is 9.59 Å². The van der Waals surface area contributed by atoms with Crippen LogP contribution in [0.4, 0.5) is 5.69 Å². The Morgan fingerprint density at radius 2 is 1.75 bits per heavy atom. The first kappa shape index (κ1) is 19.9. The Labute approximate surface area is 175 Å². The van der Waals surface area contributed by atoms with Gasteiger partial charge in [-0.1, -0.05) is 46.9 Å². The summed E-state index contributed by atoms with van der Waals surface area (Å²) in [6.07, 6.45) is 1.28. The number of hydrazone groups is 1. The number of furan rings is 1. The van der Waals surface area contributed by atoms with Gasteiger partial charge >= 0.3 is 11.8 Å². The lowest BCUT2D eigenvalue weighted by atomic mass is 10.2. The fraction of sp³-hybridized carbons (Fsp3) is 0. The molecule has 0 saturated carbocycles. The van der Waals surface area contributed by atoms with E-state index in [4.69, 9.17) is 39.2 Å². The first-order valence-corrected chi connectivity index (χ1v) is 9.01. The lowest BCUT2D eigenvalue weighted by Crippen LogP contribution is -2.32. The Bertz CT molecular complexity index is 1060. The van der Waals surface area contributed by atoms with Crippen LogP contribution >= 0.6 is 34.8 Å². The fourth-order valence-electron chi connectivity index (χ4n) is 2.19. The molecule has 9 heteroatoms. The smallest absolute Gasteiger partial charge is 0.329 e. The highest BCUT2D eigenvalue weighted by Crippen LogP contribution is 2.25. The second-order valence-electron chi connectivity index (χ2n) is 5.49. The lowest BCUT2D eigenvalue weighted by molar-refractivity contribution is -0.136. The predicted molar refractivity (Wildman–Crippen MR) is 110 cm³/mol. The minimum absolute atomic E-state index is 0.256. The van der Waals surface area contributed by atoms with Crippen LogP contribution in [0, 0.1) is 0 Å². The van der Waals surface area contributed by atoms with E-state index in [0.717, 1.165) is 5.56 Å². The Hall–Kier alpha value is -2.80. The zero-order valence-electron chi connectivity index (χ0n) is 14.1. The maximum Gasteiger partial charge on any atom is 0.329 e. The first-order valence-electron chi connectivity index (χ1n) is 7.87. The van der Waals surface area contributed by atoms with Gasteiger partial charge in [-0.25, -0.2) is 5.43 Å². The van der Waals surface area contributed by atoms with Gasteiger partial charge in [0.05, 0.1) is 16.3 Å². The Balaban J connectivity index is 1.57. The number of halogens is 3. The molecule has 0 fully saturated rings. The maximum absolute atomic E-state index is 11.9. The summed E-state index contributed by atoms with van der Waals surface area (Å²) in [4.78, 5) is 23.7. The van der Waals surface area contributed by atoms with E-state index in [2.05, 4.69) is 15.8 Å². The molecule has 0 aliphatic heterocycles. The van der Waals surface area contributed by atoms with Crippen LogP contribution in [0.3, 0.4) is 0 Å². The largest absolute Gasteiger partial charge is 0.455 e. The van der Waals surface area contributed by atoms with Crippen molar-refractivity contribution in [1.82, 2.24) is 5.43 Å². The van der Waals surface area contributed by atoms with Gasteiger partial charge in [-0.05, 0) is 42.5 Å². The third kappa shape index (κ3) is 5.13. The number of nitrogens with one attached hydrogen (secondary N) is 2. The normalized spacial score (nSPS) is 10.8. The Morgan fingerprint density at radius 1 is 0.929 bits per heavy atom. The molecule has 0 aliphatic carbocycles. The number of carbonyl (C=O) groups is 2. The molecule has 1 aromatic heterocycles. The number of amides is 2. The number of carbonyl (C=O) groups excluding carboxylic acids is 2. The van der Waals surface area contributed by atoms with Gasteiger partial charge in [0.25, 0.3) is 0 Å². The standard InChI is InChI=1S/C19H12Cl3N3O3/c20-12-3-1-2-11(8-12)17-7-5-14(28-17)10-23-25-19(27)18(26)24-13-4-6-15(21)16(22)9-13/h1-10H,(H,24,26)(H,25,27)/b23-10+. The minimum Gasteiger partial charge on any atom is -0.455 e. The highest BCUT2D eigenvalue weighted by Gasteiger charge is 2.13. The van der Waals surface area contributed by atoms with Crippen molar-refractivity contribution in [3.63, 3.8) is 0 Å². The molecule has 6 nitrogen and oxygen atoms in total. The van der Waals surface area contributed by atoms with Crippen molar-refractivity contribution in [1.29, 1.82) is 0 Å². The highest BCUT2D eigenvalue weighted by atomic mass is 35.5. The molecule has 28 heavy (non-hydrogen) atoms. The molecule has 2 amide bonds. The highest BCUT2D eigenvalue weighted by molar-refractivity contribution is 6.43. The van der Waals surface area contributed by atoms with Crippen LogP contribution in [-0.4, -0.2) is 18.0 Å². The molecule has 0 bridgehead atoms. The molecule has 2 N–H and O–H groups in total. The van der Waals surface area contributed by atoms with E-state index >= 15 is 0 Å². The van der Waals surface area contributed by atoms with Gasteiger partial charge in [0.2, 0.25) is 0 Å². The number of hydrogen-bond donors (Lipinski definition) is 2. The Morgan fingerprint density at radius 3 is 2.50 bits per heavy atom. The van der Waals surface area contributed by atoms with Crippen molar-refractivity contribution in [2.75, 3.05) is 5.32 Å². The summed E-state index contributed by atoms with van der Waals surface area (Å²) in [7, 11) is 0. The second-order valence-corrected chi connectivity index (χ2v) is 6.75. The quantitative estimate of drug-likeness (QED) is 0.343. The molecular formula is C19H12Cl3N3O3. The summed E-state index contributed by atoms with van der Waals surface area (Å²) in [6, 6.07) is 15.0. The van der Waals surface area contributed by atoms with Crippen molar-refractivity contribution in [2.24, 2.45) is 5.10 Å². The zero-order valence-corrected chi connectivity index (χ0v) is 16.3.